The van der Waals surface area contributed by atoms with E-state index in [0.717, 1.165) is 41.8 Å². The Hall–Kier alpha value is -0.870. The highest BCUT2D eigenvalue weighted by Crippen LogP contribution is 2.18. The van der Waals surface area contributed by atoms with E-state index >= 15 is 0 Å². The molecule has 1 aromatic carbocycles. The van der Waals surface area contributed by atoms with Crippen molar-refractivity contribution in [3.8, 4) is 0 Å². The molecule has 1 atom stereocenters. The average molecular weight is 339 g/mol. The molecule has 0 N–H and O–H groups in total. The quantitative estimate of drug-likeness (QED) is 0.844. The number of aryl methyl sites for hydroxylation is 1. The van der Waals surface area contributed by atoms with Crippen LogP contribution in [0.4, 0.5) is 0 Å². The minimum Gasteiger partial charge on any atom is -0.336 e. The van der Waals surface area contributed by atoms with E-state index in [0.29, 0.717) is 6.04 Å². The van der Waals surface area contributed by atoms with Crippen molar-refractivity contribution in [2.75, 3.05) is 26.2 Å². The van der Waals surface area contributed by atoms with Crippen LogP contribution in [0.1, 0.15) is 36.2 Å². The van der Waals surface area contributed by atoms with Crippen LogP contribution in [0, 0.1) is 6.92 Å². The molecule has 0 spiro atoms. The van der Waals surface area contributed by atoms with Gasteiger partial charge >= 0.3 is 0 Å². The molecule has 0 aliphatic carbocycles. The van der Waals surface area contributed by atoms with Crippen molar-refractivity contribution < 1.29 is 4.79 Å². The lowest BCUT2D eigenvalue weighted by molar-refractivity contribution is 0.0579. The van der Waals surface area contributed by atoms with Gasteiger partial charge in [-0.25, -0.2) is 0 Å². The Balaban J connectivity index is 2.01. The summed E-state index contributed by atoms with van der Waals surface area (Å²) in [6, 6.07) is 6.52. The average Bonchev–Trinajstić information content (AvgIpc) is 2.45. The van der Waals surface area contributed by atoms with Gasteiger partial charge in [-0.05, 0) is 44.0 Å². The molecule has 3 nitrogen and oxygen atoms in total. The molecule has 0 aromatic heterocycles. The topological polar surface area (TPSA) is 23.6 Å². The van der Waals surface area contributed by atoms with E-state index in [1.807, 2.05) is 30.0 Å². The first kappa shape index (κ1) is 15.5. The number of carbonyl (C=O) groups is 1. The Morgan fingerprint density at radius 2 is 1.90 bits per heavy atom. The van der Waals surface area contributed by atoms with Crippen molar-refractivity contribution >= 4 is 21.8 Å². The van der Waals surface area contributed by atoms with Gasteiger partial charge in [0.1, 0.15) is 0 Å². The molecular weight excluding hydrogens is 316 g/mol. The highest BCUT2D eigenvalue weighted by Gasteiger charge is 2.24. The van der Waals surface area contributed by atoms with Gasteiger partial charge in [-0.2, -0.15) is 0 Å². The smallest absolute Gasteiger partial charge is 0.253 e. The number of piperazine rings is 1. The first-order valence-corrected chi connectivity index (χ1v) is 8.11. The van der Waals surface area contributed by atoms with Gasteiger partial charge in [0, 0.05) is 42.3 Å². The van der Waals surface area contributed by atoms with Gasteiger partial charge in [0.25, 0.3) is 5.91 Å². The molecular formula is C16H23BrN2O. The van der Waals surface area contributed by atoms with Crippen LogP contribution < -0.4 is 0 Å². The molecule has 110 valence electrons. The van der Waals surface area contributed by atoms with Gasteiger partial charge in [0.2, 0.25) is 0 Å². The summed E-state index contributed by atoms with van der Waals surface area (Å²) in [7, 11) is 0. The highest BCUT2D eigenvalue weighted by atomic mass is 79.9. The third kappa shape index (κ3) is 3.61. The summed E-state index contributed by atoms with van der Waals surface area (Å²) in [5, 5.41) is 0. The SMILES string of the molecule is CCC(C)N1CCN(C(=O)c2cc(C)cc(Br)c2)CC1. The number of carbonyl (C=O) groups excluding carboxylic acids is 1. The van der Waals surface area contributed by atoms with Crippen LogP contribution in [0.25, 0.3) is 0 Å². The van der Waals surface area contributed by atoms with E-state index in [4.69, 9.17) is 0 Å². The number of amides is 1. The number of hydrogen-bond donors (Lipinski definition) is 0. The monoisotopic (exact) mass is 338 g/mol. The second-order valence-electron chi connectivity index (χ2n) is 5.60. The normalized spacial score (nSPS) is 18.1. The predicted molar refractivity (Wildman–Crippen MR) is 86.1 cm³/mol. The van der Waals surface area contributed by atoms with E-state index in [9.17, 15) is 4.79 Å². The molecule has 0 bridgehead atoms. The fourth-order valence-corrected chi connectivity index (χ4v) is 3.27. The highest BCUT2D eigenvalue weighted by molar-refractivity contribution is 9.10. The molecule has 1 fully saturated rings. The molecule has 4 heteroatoms. The van der Waals surface area contributed by atoms with Gasteiger partial charge in [-0.15, -0.1) is 0 Å². The molecule has 1 aromatic rings. The molecule has 1 aliphatic heterocycles. The van der Waals surface area contributed by atoms with E-state index in [1.165, 1.54) is 6.42 Å². The maximum Gasteiger partial charge on any atom is 0.253 e. The van der Waals surface area contributed by atoms with E-state index < -0.39 is 0 Å². The van der Waals surface area contributed by atoms with E-state index in [-0.39, 0.29) is 5.91 Å². The second-order valence-corrected chi connectivity index (χ2v) is 6.52. The largest absolute Gasteiger partial charge is 0.336 e. The maximum absolute atomic E-state index is 12.5. The van der Waals surface area contributed by atoms with Gasteiger partial charge in [-0.3, -0.25) is 9.69 Å². The van der Waals surface area contributed by atoms with Crippen LogP contribution in [0.5, 0.6) is 0 Å². The van der Waals surface area contributed by atoms with Crippen molar-refractivity contribution in [2.45, 2.75) is 33.2 Å². The zero-order valence-corrected chi connectivity index (χ0v) is 14.1. The second kappa shape index (κ2) is 6.72. The zero-order valence-electron chi connectivity index (χ0n) is 12.5. The van der Waals surface area contributed by atoms with Crippen molar-refractivity contribution in [1.82, 2.24) is 9.80 Å². The zero-order chi connectivity index (χ0) is 14.7. The minimum atomic E-state index is 0.151. The Kier molecular flexibility index (Phi) is 5.22. The fourth-order valence-electron chi connectivity index (χ4n) is 2.67. The number of hydrogen-bond acceptors (Lipinski definition) is 2. The Labute approximate surface area is 130 Å². The van der Waals surface area contributed by atoms with Crippen LogP contribution in [0.15, 0.2) is 22.7 Å². The summed E-state index contributed by atoms with van der Waals surface area (Å²) in [5.74, 6) is 0.151. The first-order valence-electron chi connectivity index (χ1n) is 7.31. The third-order valence-electron chi connectivity index (χ3n) is 4.10. The van der Waals surface area contributed by atoms with E-state index in [1.54, 1.807) is 0 Å². The lowest BCUT2D eigenvalue weighted by Gasteiger charge is -2.37. The molecule has 1 heterocycles. The van der Waals surface area contributed by atoms with Gasteiger partial charge in [0.15, 0.2) is 0 Å². The van der Waals surface area contributed by atoms with Crippen molar-refractivity contribution in [2.24, 2.45) is 0 Å². The lowest BCUT2D eigenvalue weighted by atomic mass is 10.1. The number of rotatable bonds is 3. The summed E-state index contributed by atoms with van der Waals surface area (Å²) in [5.41, 5.74) is 1.90. The van der Waals surface area contributed by atoms with Crippen molar-refractivity contribution in [1.29, 1.82) is 0 Å². The van der Waals surface area contributed by atoms with E-state index in [2.05, 4.69) is 34.7 Å². The molecule has 0 radical (unpaired) electrons. The minimum absolute atomic E-state index is 0.151. The summed E-state index contributed by atoms with van der Waals surface area (Å²) < 4.78 is 0.971. The number of benzene rings is 1. The molecule has 1 saturated heterocycles. The Bertz CT molecular complexity index is 461. The molecule has 20 heavy (non-hydrogen) atoms. The van der Waals surface area contributed by atoms with Gasteiger partial charge in [-0.1, -0.05) is 22.9 Å². The summed E-state index contributed by atoms with van der Waals surface area (Å²) in [4.78, 5) is 17.0. The number of nitrogens with zero attached hydrogens (tertiary/aromatic N) is 2. The lowest BCUT2D eigenvalue weighted by Crippen LogP contribution is -2.51. The van der Waals surface area contributed by atoms with Crippen molar-refractivity contribution in [3.05, 3.63) is 33.8 Å². The summed E-state index contributed by atoms with van der Waals surface area (Å²) >= 11 is 3.46. The molecule has 0 saturated carbocycles. The molecule has 1 amide bonds. The van der Waals surface area contributed by atoms with Crippen LogP contribution >= 0.6 is 15.9 Å². The third-order valence-corrected chi connectivity index (χ3v) is 4.56. The van der Waals surface area contributed by atoms with Crippen molar-refractivity contribution in [3.63, 3.8) is 0 Å². The van der Waals surface area contributed by atoms with Crippen LogP contribution in [0.3, 0.4) is 0 Å². The molecule has 1 unspecified atom stereocenters. The Morgan fingerprint density at radius 3 is 2.45 bits per heavy atom. The summed E-state index contributed by atoms with van der Waals surface area (Å²) in [6.07, 6.45) is 1.17. The van der Waals surface area contributed by atoms with Gasteiger partial charge < -0.3 is 4.90 Å². The summed E-state index contributed by atoms with van der Waals surface area (Å²) in [6.45, 7) is 10.1. The van der Waals surface area contributed by atoms with Crippen LogP contribution in [-0.2, 0) is 0 Å². The maximum atomic E-state index is 12.5. The predicted octanol–water partition coefficient (Wildman–Crippen LogP) is 3.31. The standard InChI is InChI=1S/C16H23BrN2O/c1-4-13(3)18-5-7-19(8-6-18)16(20)14-9-12(2)10-15(17)11-14/h9-11,13H,4-8H2,1-3H3. The van der Waals surface area contributed by atoms with Crippen LogP contribution in [0.2, 0.25) is 0 Å². The molecule has 2 rings (SSSR count). The number of halogens is 1. The fraction of sp³-hybridized carbons (Fsp3) is 0.562. The van der Waals surface area contributed by atoms with Gasteiger partial charge in [0.05, 0.1) is 0 Å². The molecule has 1 aliphatic rings. The first-order chi connectivity index (χ1) is 9.51. The van der Waals surface area contributed by atoms with Crippen LogP contribution in [-0.4, -0.2) is 47.9 Å². The Morgan fingerprint density at radius 1 is 1.25 bits per heavy atom.